The minimum Gasteiger partial charge on any atom is -0.494 e. The van der Waals surface area contributed by atoms with Gasteiger partial charge in [0.15, 0.2) is 0 Å². The molecule has 106 valence electrons. The average molecular weight is 312 g/mol. The monoisotopic (exact) mass is 311 g/mol. The first-order chi connectivity index (χ1) is 9.53. The SMILES string of the molecule is CCOc1ccc(S(=O)(=O)Nc2ccccc2Cl)cc1. The number of benzene rings is 2. The van der Waals surface area contributed by atoms with E-state index in [1.165, 1.54) is 12.1 Å². The predicted octanol–water partition coefficient (Wildman–Crippen LogP) is 3.54. The minimum atomic E-state index is -3.66. The van der Waals surface area contributed by atoms with Crippen LogP contribution in [0, 0.1) is 0 Å². The molecule has 0 saturated carbocycles. The highest BCUT2D eigenvalue weighted by Gasteiger charge is 2.15. The summed E-state index contributed by atoms with van der Waals surface area (Å²) >= 11 is 5.94. The van der Waals surface area contributed by atoms with E-state index in [-0.39, 0.29) is 4.90 Å². The van der Waals surface area contributed by atoms with Crippen molar-refractivity contribution in [3.05, 3.63) is 53.6 Å². The summed E-state index contributed by atoms with van der Waals surface area (Å²) in [5.41, 5.74) is 0.350. The third kappa shape index (κ3) is 3.43. The number of para-hydroxylation sites is 1. The molecule has 0 aliphatic rings. The first-order valence-corrected chi connectivity index (χ1v) is 7.89. The minimum absolute atomic E-state index is 0.154. The highest BCUT2D eigenvalue weighted by atomic mass is 35.5. The van der Waals surface area contributed by atoms with Crippen LogP contribution in [0.2, 0.25) is 5.02 Å². The fourth-order valence-corrected chi connectivity index (χ4v) is 2.95. The summed E-state index contributed by atoms with van der Waals surface area (Å²) in [6.45, 7) is 2.40. The van der Waals surface area contributed by atoms with Crippen molar-refractivity contribution in [2.24, 2.45) is 0 Å². The van der Waals surface area contributed by atoms with Crippen LogP contribution < -0.4 is 9.46 Å². The zero-order chi connectivity index (χ0) is 14.6. The molecule has 2 aromatic rings. The van der Waals surface area contributed by atoms with Gasteiger partial charge in [-0.2, -0.15) is 0 Å². The zero-order valence-electron chi connectivity index (χ0n) is 10.8. The maximum Gasteiger partial charge on any atom is 0.261 e. The van der Waals surface area contributed by atoms with Gasteiger partial charge in [0.2, 0.25) is 0 Å². The normalized spacial score (nSPS) is 11.1. The Hall–Kier alpha value is -1.72. The summed E-state index contributed by atoms with van der Waals surface area (Å²) in [6.07, 6.45) is 0. The maximum atomic E-state index is 12.2. The highest BCUT2D eigenvalue weighted by molar-refractivity contribution is 7.92. The van der Waals surface area contributed by atoms with E-state index in [0.29, 0.717) is 23.1 Å². The van der Waals surface area contributed by atoms with E-state index in [1.54, 1.807) is 36.4 Å². The molecule has 2 aromatic carbocycles. The fourth-order valence-electron chi connectivity index (χ4n) is 1.63. The quantitative estimate of drug-likeness (QED) is 0.919. The molecule has 0 aliphatic heterocycles. The standard InChI is InChI=1S/C14H14ClNO3S/c1-2-19-11-7-9-12(10-8-11)20(17,18)16-14-6-4-3-5-13(14)15/h3-10,16H,2H2,1H3. The van der Waals surface area contributed by atoms with Crippen LogP contribution >= 0.6 is 11.6 Å². The molecule has 0 radical (unpaired) electrons. The Morgan fingerprint density at radius 2 is 1.75 bits per heavy atom. The van der Waals surface area contributed by atoms with Gasteiger partial charge in [0.1, 0.15) is 5.75 Å². The molecule has 0 aromatic heterocycles. The molecule has 0 fully saturated rings. The van der Waals surface area contributed by atoms with Gasteiger partial charge in [0.05, 0.1) is 22.2 Å². The summed E-state index contributed by atoms with van der Waals surface area (Å²) < 4.78 is 32.2. The molecule has 0 bridgehead atoms. The molecule has 1 N–H and O–H groups in total. The smallest absolute Gasteiger partial charge is 0.261 e. The number of nitrogens with one attached hydrogen (secondary N) is 1. The number of hydrogen-bond donors (Lipinski definition) is 1. The average Bonchev–Trinajstić information content (AvgIpc) is 2.42. The Labute approximate surface area is 123 Å². The second-order valence-electron chi connectivity index (χ2n) is 3.99. The van der Waals surface area contributed by atoms with E-state index in [1.807, 2.05) is 6.92 Å². The molecule has 0 aliphatic carbocycles. The van der Waals surface area contributed by atoms with Crippen molar-refractivity contribution in [1.29, 1.82) is 0 Å². The summed E-state index contributed by atoms with van der Waals surface area (Å²) in [5, 5.41) is 0.349. The summed E-state index contributed by atoms with van der Waals surface area (Å²) in [5.74, 6) is 0.629. The van der Waals surface area contributed by atoms with E-state index >= 15 is 0 Å². The molecule has 4 nitrogen and oxygen atoms in total. The Balaban J connectivity index is 2.24. The summed E-state index contributed by atoms with van der Waals surface area (Å²) in [6, 6.07) is 12.9. The van der Waals surface area contributed by atoms with Crippen molar-refractivity contribution in [2.75, 3.05) is 11.3 Å². The molecular weight excluding hydrogens is 298 g/mol. The Morgan fingerprint density at radius 1 is 1.10 bits per heavy atom. The number of halogens is 1. The van der Waals surface area contributed by atoms with Crippen LogP contribution in [0.25, 0.3) is 0 Å². The lowest BCUT2D eigenvalue weighted by atomic mass is 10.3. The molecular formula is C14H14ClNO3S. The van der Waals surface area contributed by atoms with Crippen LogP contribution in [-0.4, -0.2) is 15.0 Å². The highest BCUT2D eigenvalue weighted by Crippen LogP contribution is 2.24. The van der Waals surface area contributed by atoms with Crippen LogP contribution in [0.5, 0.6) is 5.75 Å². The van der Waals surface area contributed by atoms with Gasteiger partial charge in [0, 0.05) is 0 Å². The third-order valence-electron chi connectivity index (χ3n) is 2.56. The Bertz CT molecular complexity index is 684. The van der Waals surface area contributed by atoms with Gasteiger partial charge >= 0.3 is 0 Å². The van der Waals surface area contributed by atoms with E-state index in [4.69, 9.17) is 16.3 Å². The molecule has 0 heterocycles. The third-order valence-corrected chi connectivity index (χ3v) is 4.27. The van der Waals surface area contributed by atoms with Gasteiger partial charge in [-0.25, -0.2) is 8.42 Å². The molecule has 2 rings (SSSR count). The number of anilines is 1. The summed E-state index contributed by atoms with van der Waals surface area (Å²) in [7, 11) is -3.66. The van der Waals surface area contributed by atoms with Crippen molar-refractivity contribution in [3.8, 4) is 5.75 Å². The van der Waals surface area contributed by atoms with Crippen LogP contribution in [-0.2, 0) is 10.0 Å². The lowest BCUT2D eigenvalue weighted by molar-refractivity contribution is 0.340. The molecule has 0 saturated heterocycles. The van der Waals surface area contributed by atoms with Gasteiger partial charge in [-0.3, -0.25) is 4.72 Å². The van der Waals surface area contributed by atoms with Crippen molar-refractivity contribution < 1.29 is 13.2 Å². The molecule has 6 heteroatoms. The van der Waals surface area contributed by atoms with Gasteiger partial charge in [-0.05, 0) is 43.3 Å². The fraction of sp³-hybridized carbons (Fsp3) is 0.143. The van der Waals surface area contributed by atoms with Crippen LogP contribution in [0.3, 0.4) is 0 Å². The van der Waals surface area contributed by atoms with E-state index < -0.39 is 10.0 Å². The van der Waals surface area contributed by atoms with E-state index in [9.17, 15) is 8.42 Å². The first-order valence-electron chi connectivity index (χ1n) is 6.03. The van der Waals surface area contributed by atoms with E-state index in [0.717, 1.165) is 0 Å². The molecule has 0 amide bonds. The van der Waals surface area contributed by atoms with Gasteiger partial charge in [-0.15, -0.1) is 0 Å². The topological polar surface area (TPSA) is 55.4 Å². The number of rotatable bonds is 5. The van der Waals surface area contributed by atoms with Crippen LogP contribution in [0.15, 0.2) is 53.4 Å². The molecule has 0 unspecified atom stereocenters. The first kappa shape index (κ1) is 14.7. The van der Waals surface area contributed by atoms with Crippen LogP contribution in [0.4, 0.5) is 5.69 Å². The lowest BCUT2D eigenvalue weighted by Crippen LogP contribution is -2.13. The van der Waals surface area contributed by atoms with Crippen LogP contribution in [0.1, 0.15) is 6.92 Å². The van der Waals surface area contributed by atoms with Gasteiger partial charge in [-0.1, -0.05) is 23.7 Å². The van der Waals surface area contributed by atoms with Crippen molar-refractivity contribution in [2.45, 2.75) is 11.8 Å². The number of ether oxygens (including phenoxy) is 1. The predicted molar refractivity (Wildman–Crippen MR) is 79.9 cm³/mol. The van der Waals surface area contributed by atoms with Crippen molar-refractivity contribution >= 4 is 27.3 Å². The largest absolute Gasteiger partial charge is 0.494 e. The molecule has 0 spiro atoms. The van der Waals surface area contributed by atoms with Gasteiger partial charge < -0.3 is 4.74 Å². The van der Waals surface area contributed by atoms with Crippen molar-refractivity contribution in [3.63, 3.8) is 0 Å². The molecule has 0 atom stereocenters. The number of hydrogen-bond acceptors (Lipinski definition) is 3. The van der Waals surface area contributed by atoms with Gasteiger partial charge in [0.25, 0.3) is 10.0 Å². The van der Waals surface area contributed by atoms with E-state index in [2.05, 4.69) is 4.72 Å². The zero-order valence-corrected chi connectivity index (χ0v) is 12.4. The summed E-state index contributed by atoms with van der Waals surface area (Å²) in [4.78, 5) is 0.154. The Kier molecular flexibility index (Phi) is 4.52. The second-order valence-corrected chi connectivity index (χ2v) is 6.08. The lowest BCUT2D eigenvalue weighted by Gasteiger charge is -2.10. The molecule has 20 heavy (non-hydrogen) atoms. The maximum absolute atomic E-state index is 12.2. The van der Waals surface area contributed by atoms with Crippen molar-refractivity contribution in [1.82, 2.24) is 0 Å². The number of sulfonamides is 1. The Morgan fingerprint density at radius 3 is 2.35 bits per heavy atom. The second kappa shape index (κ2) is 6.15.